The SMILES string of the molecule is CCCCC(COC)NC(=O)c1coc(CN)c1. The molecule has 1 atom stereocenters. The molecule has 5 heteroatoms. The predicted octanol–water partition coefficient (Wildman–Crippen LogP) is 1.67. The normalized spacial score (nSPS) is 12.4. The lowest BCUT2D eigenvalue weighted by Crippen LogP contribution is -2.37. The number of unbranched alkanes of at least 4 members (excludes halogenated alkanes) is 1. The van der Waals surface area contributed by atoms with Crippen LogP contribution in [0, 0.1) is 0 Å². The average Bonchev–Trinajstić information content (AvgIpc) is 2.85. The first-order chi connectivity index (χ1) is 8.71. The highest BCUT2D eigenvalue weighted by molar-refractivity contribution is 5.94. The zero-order valence-corrected chi connectivity index (χ0v) is 11.1. The summed E-state index contributed by atoms with van der Waals surface area (Å²) in [5, 5.41) is 2.94. The summed E-state index contributed by atoms with van der Waals surface area (Å²) in [6, 6.07) is 1.71. The topological polar surface area (TPSA) is 77.5 Å². The number of methoxy groups -OCH3 is 1. The molecule has 3 N–H and O–H groups in total. The summed E-state index contributed by atoms with van der Waals surface area (Å²) < 4.78 is 10.2. The summed E-state index contributed by atoms with van der Waals surface area (Å²) in [4.78, 5) is 12.0. The Morgan fingerprint density at radius 2 is 2.39 bits per heavy atom. The van der Waals surface area contributed by atoms with Crippen LogP contribution in [-0.2, 0) is 11.3 Å². The standard InChI is InChI=1S/C13H22N2O3/c1-3-4-5-11(9-17-2)15-13(16)10-6-12(7-14)18-8-10/h6,8,11H,3-5,7,9,14H2,1-2H3,(H,15,16). The van der Waals surface area contributed by atoms with Gasteiger partial charge in [-0.2, -0.15) is 0 Å². The van der Waals surface area contributed by atoms with Crippen LogP contribution in [-0.4, -0.2) is 25.7 Å². The number of rotatable bonds is 8. The first-order valence-electron chi connectivity index (χ1n) is 6.28. The van der Waals surface area contributed by atoms with Crippen molar-refractivity contribution in [3.8, 4) is 0 Å². The van der Waals surface area contributed by atoms with Crippen LogP contribution in [0.5, 0.6) is 0 Å². The molecule has 0 aliphatic rings. The fourth-order valence-electron chi connectivity index (χ4n) is 1.72. The van der Waals surface area contributed by atoms with Gasteiger partial charge in [0.2, 0.25) is 0 Å². The number of carbonyl (C=O) groups is 1. The molecule has 1 unspecified atom stereocenters. The van der Waals surface area contributed by atoms with E-state index >= 15 is 0 Å². The van der Waals surface area contributed by atoms with Crippen molar-refractivity contribution in [1.29, 1.82) is 0 Å². The van der Waals surface area contributed by atoms with Gasteiger partial charge in [-0.25, -0.2) is 0 Å². The molecule has 1 amide bonds. The Bertz CT molecular complexity index is 363. The second kappa shape index (κ2) is 7.89. The predicted molar refractivity (Wildman–Crippen MR) is 69.3 cm³/mol. The fourth-order valence-corrected chi connectivity index (χ4v) is 1.72. The van der Waals surface area contributed by atoms with Gasteiger partial charge in [-0.3, -0.25) is 4.79 Å². The van der Waals surface area contributed by atoms with E-state index in [4.69, 9.17) is 14.9 Å². The molecule has 0 fully saturated rings. The highest BCUT2D eigenvalue weighted by Gasteiger charge is 2.15. The summed E-state index contributed by atoms with van der Waals surface area (Å²) in [5.74, 6) is 0.466. The zero-order valence-electron chi connectivity index (χ0n) is 11.1. The number of ether oxygens (including phenoxy) is 1. The maximum Gasteiger partial charge on any atom is 0.254 e. The highest BCUT2D eigenvalue weighted by Crippen LogP contribution is 2.08. The van der Waals surface area contributed by atoms with Crippen LogP contribution >= 0.6 is 0 Å². The van der Waals surface area contributed by atoms with E-state index in [1.165, 1.54) is 6.26 Å². The van der Waals surface area contributed by atoms with Crippen molar-refractivity contribution < 1.29 is 13.9 Å². The minimum atomic E-state index is -0.142. The minimum absolute atomic E-state index is 0.0404. The van der Waals surface area contributed by atoms with Crippen LogP contribution in [0.3, 0.4) is 0 Å². The maximum atomic E-state index is 12.0. The van der Waals surface area contributed by atoms with Crippen molar-refractivity contribution in [2.24, 2.45) is 5.73 Å². The number of furan rings is 1. The van der Waals surface area contributed by atoms with Crippen LogP contribution in [0.1, 0.15) is 42.3 Å². The van der Waals surface area contributed by atoms with E-state index in [9.17, 15) is 4.79 Å². The van der Waals surface area contributed by atoms with Gasteiger partial charge in [-0.15, -0.1) is 0 Å². The monoisotopic (exact) mass is 254 g/mol. The lowest BCUT2D eigenvalue weighted by molar-refractivity contribution is 0.0890. The van der Waals surface area contributed by atoms with Crippen LogP contribution in [0.2, 0.25) is 0 Å². The number of amides is 1. The molecular formula is C13H22N2O3. The molecule has 0 saturated carbocycles. The molecule has 1 heterocycles. The van der Waals surface area contributed by atoms with Gasteiger partial charge < -0.3 is 20.2 Å². The molecular weight excluding hydrogens is 232 g/mol. The van der Waals surface area contributed by atoms with E-state index in [-0.39, 0.29) is 11.9 Å². The summed E-state index contributed by atoms with van der Waals surface area (Å²) >= 11 is 0. The molecule has 0 aliphatic carbocycles. The Hall–Kier alpha value is -1.33. The van der Waals surface area contributed by atoms with Gasteiger partial charge in [0, 0.05) is 7.11 Å². The van der Waals surface area contributed by atoms with Crippen molar-refractivity contribution in [3.63, 3.8) is 0 Å². The fraction of sp³-hybridized carbons (Fsp3) is 0.615. The van der Waals surface area contributed by atoms with Crippen LogP contribution < -0.4 is 11.1 Å². The third kappa shape index (κ3) is 4.50. The number of carbonyl (C=O) groups excluding carboxylic acids is 1. The van der Waals surface area contributed by atoms with E-state index in [1.807, 2.05) is 0 Å². The van der Waals surface area contributed by atoms with Crippen molar-refractivity contribution in [2.75, 3.05) is 13.7 Å². The molecule has 102 valence electrons. The van der Waals surface area contributed by atoms with Gasteiger partial charge in [-0.05, 0) is 12.5 Å². The molecule has 18 heavy (non-hydrogen) atoms. The Kier molecular flexibility index (Phi) is 6.46. The van der Waals surface area contributed by atoms with Gasteiger partial charge in [0.25, 0.3) is 5.91 Å². The summed E-state index contributed by atoms with van der Waals surface area (Å²) in [5.41, 5.74) is 5.94. The van der Waals surface area contributed by atoms with Gasteiger partial charge in [-0.1, -0.05) is 19.8 Å². The third-order valence-electron chi connectivity index (χ3n) is 2.73. The lowest BCUT2D eigenvalue weighted by Gasteiger charge is -2.16. The van der Waals surface area contributed by atoms with E-state index in [0.29, 0.717) is 24.5 Å². The Balaban J connectivity index is 2.53. The Labute approximate surface area is 108 Å². The molecule has 1 aromatic rings. The first-order valence-corrected chi connectivity index (χ1v) is 6.28. The van der Waals surface area contributed by atoms with Crippen LogP contribution in [0.15, 0.2) is 16.7 Å². The zero-order chi connectivity index (χ0) is 13.4. The molecule has 0 saturated heterocycles. The van der Waals surface area contributed by atoms with E-state index in [0.717, 1.165) is 19.3 Å². The molecule has 0 bridgehead atoms. The van der Waals surface area contributed by atoms with Crippen molar-refractivity contribution in [3.05, 3.63) is 23.7 Å². The third-order valence-corrected chi connectivity index (χ3v) is 2.73. The van der Waals surface area contributed by atoms with Crippen LogP contribution in [0.25, 0.3) is 0 Å². The molecule has 0 radical (unpaired) electrons. The maximum absolute atomic E-state index is 12.0. The molecule has 1 rings (SSSR count). The lowest BCUT2D eigenvalue weighted by atomic mass is 10.1. The second-order valence-electron chi connectivity index (χ2n) is 4.27. The van der Waals surface area contributed by atoms with Gasteiger partial charge in [0.05, 0.1) is 24.8 Å². The van der Waals surface area contributed by atoms with Gasteiger partial charge in [0.15, 0.2) is 0 Å². The average molecular weight is 254 g/mol. The van der Waals surface area contributed by atoms with E-state index < -0.39 is 0 Å². The Morgan fingerprint density at radius 1 is 1.61 bits per heavy atom. The van der Waals surface area contributed by atoms with E-state index in [2.05, 4.69) is 12.2 Å². The van der Waals surface area contributed by atoms with Gasteiger partial charge in [0.1, 0.15) is 12.0 Å². The Morgan fingerprint density at radius 3 is 2.94 bits per heavy atom. The van der Waals surface area contributed by atoms with Crippen LogP contribution in [0.4, 0.5) is 0 Å². The first kappa shape index (κ1) is 14.7. The van der Waals surface area contributed by atoms with Crippen molar-refractivity contribution in [2.45, 2.75) is 38.8 Å². The largest absolute Gasteiger partial charge is 0.467 e. The molecule has 0 aromatic carbocycles. The van der Waals surface area contributed by atoms with Crippen molar-refractivity contribution >= 4 is 5.91 Å². The summed E-state index contributed by atoms with van der Waals surface area (Å²) in [7, 11) is 1.63. The number of nitrogens with one attached hydrogen (secondary N) is 1. The van der Waals surface area contributed by atoms with Gasteiger partial charge >= 0.3 is 0 Å². The minimum Gasteiger partial charge on any atom is -0.467 e. The molecule has 0 spiro atoms. The number of nitrogens with two attached hydrogens (primary N) is 1. The summed E-state index contributed by atoms with van der Waals surface area (Å²) in [6.07, 6.45) is 4.51. The van der Waals surface area contributed by atoms with Crippen molar-refractivity contribution in [1.82, 2.24) is 5.32 Å². The smallest absolute Gasteiger partial charge is 0.254 e. The quantitative estimate of drug-likeness (QED) is 0.739. The molecule has 1 aromatic heterocycles. The molecule has 0 aliphatic heterocycles. The van der Waals surface area contributed by atoms with E-state index in [1.54, 1.807) is 13.2 Å². The summed E-state index contributed by atoms with van der Waals surface area (Å²) in [6.45, 7) is 2.94. The highest BCUT2D eigenvalue weighted by atomic mass is 16.5. The number of hydrogen-bond donors (Lipinski definition) is 2. The number of hydrogen-bond acceptors (Lipinski definition) is 4. The second-order valence-corrected chi connectivity index (χ2v) is 4.27. The molecule has 5 nitrogen and oxygen atoms in total.